The van der Waals surface area contributed by atoms with E-state index in [1.54, 1.807) is 18.2 Å². The van der Waals surface area contributed by atoms with Crippen LogP contribution in [0.3, 0.4) is 0 Å². The van der Waals surface area contributed by atoms with Crippen molar-refractivity contribution in [1.82, 2.24) is 0 Å². The maximum Gasteiger partial charge on any atom is 0.149 e. The van der Waals surface area contributed by atoms with Gasteiger partial charge in [-0.15, -0.1) is 0 Å². The van der Waals surface area contributed by atoms with Crippen LogP contribution in [0.1, 0.15) is 22.8 Å². The molecular weight excluding hydrogens is 398 g/mol. The molecule has 2 aromatic carbocycles. The molecule has 1 atom stereocenters. The highest BCUT2D eigenvalue weighted by Crippen LogP contribution is 2.33. The average molecular weight is 408 g/mol. The second-order valence-corrected chi connectivity index (χ2v) is 6.26. The molecule has 0 amide bonds. The fourth-order valence-corrected chi connectivity index (χ4v) is 2.59. The van der Waals surface area contributed by atoms with Crippen LogP contribution in [-0.4, -0.2) is 5.11 Å². The first-order valence-electron chi connectivity index (χ1n) is 5.49. The quantitative estimate of drug-likeness (QED) is 0.660. The molecule has 0 spiro atoms. The molecule has 0 aliphatic rings. The molecule has 1 unspecified atom stereocenters. The van der Waals surface area contributed by atoms with Crippen LogP contribution in [0.5, 0.6) is 0 Å². The summed E-state index contributed by atoms with van der Waals surface area (Å²) in [6.07, 6.45) is -1.05. The van der Waals surface area contributed by atoms with Gasteiger partial charge >= 0.3 is 0 Å². The average Bonchev–Trinajstić information content (AvgIpc) is 2.39. The third-order valence-corrected chi connectivity index (χ3v) is 4.98. The molecule has 5 heteroatoms. The number of rotatable bonds is 2. The van der Waals surface area contributed by atoms with E-state index in [4.69, 9.17) is 11.6 Å². The van der Waals surface area contributed by atoms with Gasteiger partial charge in [0.05, 0.1) is 5.02 Å². The Labute approximate surface area is 132 Å². The number of halogens is 4. The van der Waals surface area contributed by atoms with E-state index in [1.165, 1.54) is 6.07 Å². The van der Waals surface area contributed by atoms with Crippen molar-refractivity contribution >= 4 is 43.5 Å². The smallest absolute Gasteiger partial charge is 0.149 e. The van der Waals surface area contributed by atoms with E-state index in [-0.39, 0.29) is 10.6 Å². The van der Waals surface area contributed by atoms with Gasteiger partial charge in [-0.05, 0) is 46.1 Å². The van der Waals surface area contributed by atoms with E-state index in [0.29, 0.717) is 10.0 Å². The summed E-state index contributed by atoms with van der Waals surface area (Å²) in [5, 5.41) is 10.2. The van der Waals surface area contributed by atoms with E-state index in [0.717, 1.165) is 10.0 Å². The summed E-state index contributed by atoms with van der Waals surface area (Å²) in [7, 11) is 0. The first-order valence-corrected chi connectivity index (χ1v) is 7.45. The second kappa shape index (κ2) is 5.92. The molecule has 1 nitrogen and oxygen atoms in total. The van der Waals surface area contributed by atoms with Crippen molar-refractivity contribution in [2.45, 2.75) is 13.0 Å². The van der Waals surface area contributed by atoms with Gasteiger partial charge in [0.1, 0.15) is 11.9 Å². The minimum Gasteiger partial charge on any atom is -0.384 e. The summed E-state index contributed by atoms with van der Waals surface area (Å²) in [6.45, 7) is 1.94. The van der Waals surface area contributed by atoms with Crippen molar-refractivity contribution in [3.63, 3.8) is 0 Å². The molecule has 0 aliphatic carbocycles. The summed E-state index contributed by atoms with van der Waals surface area (Å²) in [6, 6.07) is 8.54. The highest BCUT2D eigenvalue weighted by atomic mass is 79.9. The van der Waals surface area contributed by atoms with Gasteiger partial charge in [-0.3, -0.25) is 0 Å². The van der Waals surface area contributed by atoms with Gasteiger partial charge in [-0.1, -0.05) is 45.7 Å². The number of aliphatic hydroxyl groups is 1. The predicted molar refractivity (Wildman–Crippen MR) is 82.1 cm³/mol. The molecule has 0 aromatic heterocycles. The van der Waals surface area contributed by atoms with Crippen molar-refractivity contribution in [3.8, 4) is 0 Å². The van der Waals surface area contributed by atoms with Crippen molar-refractivity contribution in [2.24, 2.45) is 0 Å². The predicted octanol–water partition coefficient (Wildman–Crippen LogP) is 5.39. The van der Waals surface area contributed by atoms with Crippen molar-refractivity contribution in [1.29, 1.82) is 0 Å². The Hall–Kier alpha value is -0.420. The maximum atomic E-state index is 14.0. The Morgan fingerprint density at radius 1 is 1.16 bits per heavy atom. The van der Waals surface area contributed by atoms with Gasteiger partial charge in [0.25, 0.3) is 0 Å². The van der Waals surface area contributed by atoms with E-state index < -0.39 is 11.9 Å². The summed E-state index contributed by atoms with van der Waals surface area (Å²) in [5.41, 5.74) is 1.81. The molecule has 0 saturated heterocycles. The number of benzene rings is 2. The van der Waals surface area contributed by atoms with Crippen LogP contribution in [0, 0.1) is 12.7 Å². The standard InChI is InChI=1S/C14H10Br2ClFO/c1-7-2-3-8(6-11(7)16)14(19)9-4-5-10(15)12(17)13(9)18/h2-6,14,19H,1H3. The minimum absolute atomic E-state index is 0.0253. The Balaban J connectivity index is 2.47. The monoisotopic (exact) mass is 406 g/mol. The number of hydrogen-bond acceptors (Lipinski definition) is 1. The van der Waals surface area contributed by atoms with Gasteiger partial charge in [-0.25, -0.2) is 4.39 Å². The fourth-order valence-electron chi connectivity index (χ4n) is 1.71. The van der Waals surface area contributed by atoms with Crippen LogP contribution in [0.25, 0.3) is 0 Å². The van der Waals surface area contributed by atoms with E-state index >= 15 is 0 Å². The molecule has 2 rings (SSSR count). The summed E-state index contributed by atoms with van der Waals surface area (Å²) >= 11 is 12.4. The molecule has 19 heavy (non-hydrogen) atoms. The molecule has 0 fully saturated rings. The summed E-state index contributed by atoms with van der Waals surface area (Å²) in [5.74, 6) is -0.611. The third kappa shape index (κ3) is 3.02. The lowest BCUT2D eigenvalue weighted by molar-refractivity contribution is 0.215. The lowest BCUT2D eigenvalue weighted by atomic mass is 10.00. The lowest BCUT2D eigenvalue weighted by Crippen LogP contribution is -2.03. The van der Waals surface area contributed by atoms with Crippen LogP contribution < -0.4 is 0 Å². The molecule has 0 saturated carbocycles. The van der Waals surface area contributed by atoms with Crippen LogP contribution in [-0.2, 0) is 0 Å². The number of aliphatic hydroxyl groups excluding tert-OH is 1. The summed E-state index contributed by atoms with van der Waals surface area (Å²) < 4.78 is 15.4. The van der Waals surface area contributed by atoms with Crippen molar-refractivity contribution in [2.75, 3.05) is 0 Å². The fraction of sp³-hybridized carbons (Fsp3) is 0.143. The Morgan fingerprint density at radius 2 is 1.84 bits per heavy atom. The Morgan fingerprint density at radius 3 is 2.47 bits per heavy atom. The minimum atomic E-state index is -1.05. The zero-order chi connectivity index (χ0) is 14.2. The highest BCUT2D eigenvalue weighted by molar-refractivity contribution is 9.10. The highest BCUT2D eigenvalue weighted by Gasteiger charge is 2.19. The molecule has 0 heterocycles. The van der Waals surface area contributed by atoms with Crippen molar-refractivity contribution in [3.05, 3.63) is 66.8 Å². The van der Waals surface area contributed by atoms with Crippen LogP contribution >= 0.6 is 43.5 Å². The molecule has 0 radical (unpaired) electrons. The molecule has 0 aliphatic heterocycles. The Bertz CT molecular complexity index is 631. The topological polar surface area (TPSA) is 20.2 Å². The molecular formula is C14H10Br2ClFO. The molecule has 100 valence electrons. The molecule has 1 N–H and O–H groups in total. The number of hydrogen-bond donors (Lipinski definition) is 1. The maximum absolute atomic E-state index is 14.0. The van der Waals surface area contributed by atoms with E-state index in [9.17, 15) is 9.50 Å². The van der Waals surface area contributed by atoms with Gasteiger partial charge in [0, 0.05) is 14.5 Å². The zero-order valence-electron chi connectivity index (χ0n) is 9.92. The SMILES string of the molecule is Cc1ccc(C(O)c2ccc(Br)c(Cl)c2F)cc1Br. The number of aryl methyl sites for hydroxylation is 1. The van der Waals surface area contributed by atoms with Crippen LogP contribution in [0.15, 0.2) is 39.3 Å². The van der Waals surface area contributed by atoms with E-state index in [2.05, 4.69) is 31.9 Å². The second-order valence-electron chi connectivity index (χ2n) is 4.18. The Kier molecular flexibility index (Phi) is 4.66. The third-order valence-electron chi connectivity index (χ3n) is 2.87. The van der Waals surface area contributed by atoms with Crippen LogP contribution in [0.2, 0.25) is 5.02 Å². The van der Waals surface area contributed by atoms with Gasteiger partial charge in [-0.2, -0.15) is 0 Å². The van der Waals surface area contributed by atoms with Gasteiger partial charge in [0.2, 0.25) is 0 Å². The zero-order valence-corrected chi connectivity index (χ0v) is 13.9. The van der Waals surface area contributed by atoms with Crippen molar-refractivity contribution < 1.29 is 9.50 Å². The normalized spacial score (nSPS) is 12.5. The molecule has 2 aromatic rings. The molecule has 0 bridgehead atoms. The lowest BCUT2D eigenvalue weighted by Gasteiger charge is -2.14. The van der Waals surface area contributed by atoms with Gasteiger partial charge in [0.15, 0.2) is 0 Å². The van der Waals surface area contributed by atoms with E-state index in [1.807, 2.05) is 13.0 Å². The van der Waals surface area contributed by atoms with Crippen LogP contribution in [0.4, 0.5) is 4.39 Å². The summed E-state index contributed by atoms with van der Waals surface area (Å²) in [4.78, 5) is 0. The van der Waals surface area contributed by atoms with Gasteiger partial charge < -0.3 is 5.11 Å². The largest absolute Gasteiger partial charge is 0.384 e. The first kappa shape index (κ1) is 15.0. The first-order chi connectivity index (χ1) is 8.91.